The third kappa shape index (κ3) is 3.92. The number of primary amides is 1. The second kappa shape index (κ2) is 7.55. The number of benzene rings is 2. The highest BCUT2D eigenvalue weighted by atomic mass is 35.5. The monoisotopic (exact) mass is 373 g/mol. The number of methoxy groups -OCH3 is 1. The van der Waals surface area contributed by atoms with E-state index in [1.165, 1.54) is 11.3 Å². The van der Waals surface area contributed by atoms with Crippen molar-refractivity contribution in [1.82, 2.24) is 4.98 Å². The molecule has 0 spiro atoms. The number of carbonyl (C=O) groups excluding carboxylic acids is 1. The Bertz CT molecular complexity index is 911. The number of rotatable bonds is 6. The molecule has 0 saturated carbocycles. The van der Waals surface area contributed by atoms with Crippen LogP contribution >= 0.6 is 22.9 Å². The fourth-order valence-corrected chi connectivity index (χ4v) is 3.41. The van der Waals surface area contributed by atoms with Gasteiger partial charge in [-0.1, -0.05) is 23.7 Å². The lowest BCUT2D eigenvalue weighted by atomic mass is 10.1. The molecule has 1 heterocycles. The summed E-state index contributed by atoms with van der Waals surface area (Å²) in [6, 6.07) is 12.7. The molecular weight excluding hydrogens is 358 g/mol. The van der Waals surface area contributed by atoms with Gasteiger partial charge in [0.25, 0.3) is 5.91 Å². The van der Waals surface area contributed by atoms with Gasteiger partial charge in [0.1, 0.15) is 10.8 Å². The molecule has 0 aliphatic heterocycles. The molecule has 2 aromatic carbocycles. The fraction of sp³-hybridized carbons (Fsp3) is 0.111. The van der Waals surface area contributed by atoms with Gasteiger partial charge < -0.3 is 15.8 Å². The zero-order valence-electron chi connectivity index (χ0n) is 13.5. The van der Waals surface area contributed by atoms with Crippen molar-refractivity contribution in [3.8, 4) is 16.3 Å². The van der Waals surface area contributed by atoms with Crippen LogP contribution in [0.3, 0.4) is 0 Å². The summed E-state index contributed by atoms with van der Waals surface area (Å²) in [6.45, 7) is 0.466. The molecular formula is C18H16ClN3O2S. The minimum Gasteiger partial charge on any atom is -0.496 e. The first kappa shape index (κ1) is 17.3. The van der Waals surface area contributed by atoms with Crippen molar-refractivity contribution in [2.45, 2.75) is 6.54 Å². The van der Waals surface area contributed by atoms with Crippen LogP contribution in [0.25, 0.3) is 10.6 Å². The van der Waals surface area contributed by atoms with Gasteiger partial charge in [0.15, 0.2) is 0 Å². The number of carbonyl (C=O) groups is 1. The van der Waals surface area contributed by atoms with E-state index in [-0.39, 0.29) is 0 Å². The lowest BCUT2D eigenvalue weighted by Crippen LogP contribution is -2.14. The maximum Gasteiger partial charge on any atom is 0.250 e. The molecule has 128 valence electrons. The zero-order valence-corrected chi connectivity index (χ0v) is 15.0. The van der Waals surface area contributed by atoms with E-state index >= 15 is 0 Å². The van der Waals surface area contributed by atoms with E-state index in [4.69, 9.17) is 22.1 Å². The van der Waals surface area contributed by atoms with Crippen LogP contribution in [0, 0.1) is 0 Å². The van der Waals surface area contributed by atoms with E-state index in [1.54, 1.807) is 25.3 Å². The first-order chi connectivity index (χ1) is 12.1. The maximum absolute atomic E-state index is 11.5. The predicted molar refractivity (Wildman–Crippen MR) is 101 cm³/mol. The largest absolute Gasteiger partial charge is 0.496 e. The van der Waals surface area contributed by atoms with Gasteiger partial charge in [-0.05, 0) is 30.3 Å². The lowest BCUT2D eigenvalue weighted by Gasteiger charge is -2.09. The quantitative estimate of drug-likeness (QED) is 0.679. The van der Waals surface area contributed by atoms with E-state index in [9.17, 15) is 4.79 Å². The van der Waals surface area contributed by atoms with Gasteiger partial charge in [0.2, 0.25) is 0 Å². The summed E-state index contributed by atoms with van der Waals surface area (Å²) < 4.78 is 5.38. The molecule has 3 N–H and O–H groups in total. The Kier molecular flexibility index (Phi) is 5.21. The normalized spacial score (nSPS) is 10.5. The number of thiazole rings is 1. The van der Waals surface area contributed by atoms with Crippen molar-refractivity contribution in [3.63, 3.8) is 0 Å². The molecule has 0 bridgehead atoms. The van der Waals surface area contributed by atoms with Gasteiger partial charge in [0.05, 0.1) is 30.5 Å². The highest BCUT2D eigenvalue weighted by Crippen LogP contribution is 2.32. The number of nitrogens with zero attached hydrogens (tertiary/aromatic N) is 1. The van der Waals surface area contributed by atoms with Gasteiger partial charge in [0, 0.05) is 16.1 Å². The van der Waals surface area contributed by atoms with Gasteiger partial charge >= 0.3 is 0 Å². The second-order valence-corrected chi connectivity index (χ2v) is 6.55. The van der Waals surface area contributed by atoms with Gasteiger partial charge in [-0.15, -0.1) is 11.3 Å². The summed E-state index contributed by atoms with van der Waals surface area (Å²) in [5.74, 6) is 0.253. The number of nitrogens with two attached hydrogens (primary N) is 1. The molecule has 0 fully saturated rings. The molecule has 0 radical (unpaired) electrons. The Hall–Kier alpha value is -2.57. The molecule has 0 atom stereocenters. The second-order valence-electron chi connectivity index (χ2n) is 5.25. The van der Waals surface area contributed by atoms with Crippen molar-refractivity contribution in [2.24, 2.45) is 5.73 Å². The molecule has 0 unspecified atom stereocenters. The van der Waals surface area contributed by atoms with Crippen LogP contribution in [-0.4, -0.2) is 18.0 Å². The summed E-state index contributed by atoms with van der Waals surface area (Å²) >= 11 is 7.46. The number of para-hydroxylation sites is 1. The van der Waals surface area contributed by atoms with Gasteiger partial charge in [-0.2, -0.15) is 0 Å². The Morgan fingerprint density at radius 3 is 2.88 bits per heavy atom. The minimum absolute atomic E-state index is 0.354. The Morgan fingerprint density at radius 2 is 2.12 bits per heavy atom. The van der Waals surface area contributed by atoms with Crippen LogP contribution in [0.1, 0.15) is 16.1 Å². The maximum atomic E-state index is 11.5. The standard InChI is InChI=1S/C18H16ClN3O2S/c1-24-16-5-3-2-4-13(16)18-22-12(10-25-18)9-21-15-7-6-11(19)8-14(15)17(20)23/h2-8,10,21H,9H2,1H3,(H2,20,23). The van der Waals surface area contributed by atoms with Crippen molar-refractivity contribution < 1.29 is 9.53 Å². The summed E-state index contributed by atoms with van der Waals surface area (Å²) in [5, 5.41) is 6.49. The Morgan fingerprint density at radius 1 is 1.32 bits per heavy atom. The summed E-state index contributed by atoms with van der Waals surface area (Å²) in [4.78, 5) is 16.2. The van der Waals surface area contributed by atoms with Gasteiger partial charge in [-0.25, -0.2) is 4.98 Å². The third-order valence-electron chi connectivity index (χ3n) is 3.60. The molecule has 0 saturated heterocycles. The van der Waals surface area contributed by atoms with Crippen LogP contribution in [0.5, 0.6) is 5.75 Å². The fourth-order valence-electron chi connectivity index (χ4n) is 2.39. The van der Waals surface area contributed by atoms with Gasteiger partial charge in [-0.3, -0.25) is 4.79 Å². The number of aromatic nitrogens is 1. The van der Waals surface area contributed by atoms with Crippen molar-refractivity contribution in [1.29, 1.82) is 0 Å². The van der Waals surface area contributed by atoms with Crippen molar-refractivity contribution in [3.05, 3.63) is 64.1 Å². The van der Waals surface area contributed by atoms with Crippen LogP contribution in [0.2, 0.25) is 5.02 Å². The molecule has 0 aliphatic carbocycles. The smallest absolute Gasteiger partial charge is 0.250 e. The number of amides is 1. The highest BCUT2D eigenvalue weighted by molar-refractivity contribution is 7.13. The first-order valence-electron chi connectivity index (χ1n) is 7.49. The van der Waals surface area contributed by atoms with E-state index in [0.717, 1.165) is 22.0 Å². The highest BCUT2D eigenvalue weighted by Gasteiger charge is 2.12. The number of hydrogen-bond acceptors (Lipinski definition) is 5. The number of ether oxygens (including phenoxy) is 1. The van der Waals surface area contributed by atoms with E-state index < -0.39 is 5.91 Å². The van der Waals surface area contributed by atoms with Crippen molar-refractivity contribution in [2.75, 3.05) is 12.4 Å². The number of halogens is 1. The lowest BCUT2D eigenvalue weighted by molar-refractivity contribution is 0.100. The molecule has 25 heavy (non-hydrogen) atoms. The molecule has 3 aromatic rings. The number of anilines is 1. The summed E-state index contributed by atoms with van der Waals surface area (Å²) in [6.07, 6.45) is 0. The molecule has 3 rings (SSSR count). The van der Waals surface area contributed by atoms with Crippen LogP contribution in [0.4, 0.5) is 5.69 Å². The first-order valence-corrected chi connectivity index (χ1v) is 8.75. The summed E-state index contributed by atoms with van der Waals surface area (Å²) in [7, 11) is 1.64. The SMILES string of the molecule is COc1ccccc1-c1nc(CNc2ccc(Cl)cc2C(N)=O)cs1. The van der Waals surface area contributed by atoms with E-state index in [2.05, 4.69) is 10.3 Å². The Labute approximate surface area is 154 Å². The van der Waals surface area contributed by atoms with Crippen molar-refractivity contribution >= 4 is 34.5 Å². The third-order valence-corrected chi connectivity index (χ3v) is 4.76. The number of nitrogens with one attached hydrogen (secondary N) is 1. The molecule has 5 nitrogen and oxygen atoms in total. The van der Waals surface area contributed by atoms with Crippen LogP contribution in [-0.2, 0) is 6.54 Å². The van der Waals surface area contributed by atoms with E-state index in [1.807, 2.05) is 29.6 Å². The van der Waals surface area contributed by atoms with Crippen LogP contribution in [0.15, 0.2) is 47.8 Å². The summed E-state index contributed by atoms with van der Waals surface area (Å²) in [5.41, 5.74) is 8.19. The molecule has 1 amide bonds. The van der Waals surface area contributed by atoms with Crippen LogP contribution < -0.4 is 15.8 Å². The predicted octanol–water partition coefficient (Wildman–Crippen LogP) is 4.18. The molecule has 1 aromatic heterocycles. The molecule has 7 heteroatoms. The minimum atomic E-state index is -0.530. The topological polar surface area (TPSA) is 77.2 Å². The average molecular weight is 374 g/mol. The average Bonchev–Trinajstić information content (AvgIpc) is 3.09. The Balaban J connectivity index is 1.78. The van der Waals surface area contributed by atoms with E-state index in [0.29, 0.717) is 22.8 Å². The molecule has 0 aliphatic rings. The zero-order chi connectivity index (χ0) is 17.8. The number of hydrogen-bond donors (Lipinski definition) is 2.